The summed E-state index contributed by atoms with van der Waals surface area (Å²) in [6.45, 7) is 3.95. The fraction of sp³-hybridized carbons (Fsp3) is 0.400. The minimum absolute atomic E-state index is 0.0602. The highest BCUT2D eigenvalue weighted by Gasteiger charge is 2.13. The van der Waals surface area contributed by atoms with Gasteiger partial charge in [-0.2, -0.15) is 0 Å². The molecule has 2 aromatic rings. The van der Waals surface area contributed by atoms with Gasteiger partial charge in [0.15, 0.2) is 0 Å². The Kier molecular flexibility index (Phi) is 5.03. The van der Waals surface area contributed by atoms with Gasteiger partial charge >= 0.3 is 0 Å². The number of hydrogen-bond donors (Lipinski definition) is 1. The second kappa shape index (κ2) is 6.97. The first-order chi connectivity index (χ1) is 10.1. The van der Waals surface area contributed by atoms with Gasteiger partial charge in [0.1, 0.15) is 5.82 Å². The molecule has 1 aromatic carbocycles. The minimum Gasteiger partial charge on any atom is -0.421 e. The first kappa shape index (κ1) is 15.2. The Morgan fingerprint density at radius 1 is 1.38 bits per heavy atom. The second-order valence-electron chi connectivity index (χ2n) is 4.86. The quantitative estimate of drug-likeness (QED) is 0.888. The van der Waals surface area contributed by atoms with Gasteiger partial charge in [-0.1, -0.05) is 19.1 Å². The molecule has 1 N–H and O–H groups in total. The number of nitrogens with zero attached hydrogens (tertiary/aromatic N) is 2. The molecule has 0 aliphatic heterocycles. The normalized spacial score (nSPS) is 12.1. The van der Waals surface area contributed by atoms with Crippen molar-refractivity contribution < 1.29 is 13.6 Å². The molecular formula is C15H18FN3O2. The number of nitrogens with one attached hydrogen (secondary N) is 1. The molecule has 0 bridgehead atoms. The molecule has 2 rings (SSSR count). The van der Waals surface area contributed by atoms with Crippen LogP contribution in [0.5, 0.6) is 0 Å². The van der Waals surface area contributed by atoms with Crippen LogP contribution < -0.4 is 5.32 Å². The highest BCUT2D eigenvalue weighted by molar-refractivity contribution is 5.76. The average Bonchev–Trinajstić information content (AvgIpc) is 2.94. The summed E-state index contributed by atoms with van der Waals surface area (Å²) >= 11 is 0. The number of hydrogen-bond acceptors (Lipinski definition) is 4. The van der Waals surface area contributed by atoms with Crippen molar-refractivity contribution in [3.05, 3.63) is 36.0 Å². The van der Waals surface area contributed by atoms with Crippen molar-refractivity contribution in [2.24, 2.45) is 0 Å². The fourth-order valence-corrected chi connectivity index (χ4v) is 1.77. The zero-order chi connectivity index (χ0) is 15.2. The highest BCUT2D eigenvalue weighted by Crippen LogP contribution is 2.21. The van der Waals surface area contributed by atoms with Gasteiger partial charge in [0.25, 0.3) is 5.89 Å². The molecule has 1 heterocycles. The summed E-state index contributed by atoms with van der Waals surface area (Å²) in [5.74, 6) is -0.0183. The molecule has 1 atom stereocenters. The summed E-state index contributed by atoms with van der Waals surface area (Å²) in [5, 5.41) is 10.5. The lowest BCUT2D eigenvalue weighted by atomic mass is 10.2. The molecule has 0 fully saturated rings. The molecule has 0 aliphatic carbocycles. The van der Waals surface area contributed by atoms with E-state index in [0.717, 1.165) is 6.42 Å². The second-order valence-corrected chi connectivity index (χ2v) is 4.86. The summed E-state index contributed by atoms with van der Waals surface area (Å²) in [7, 11) is 0. The highest BCUT2D eigenvalue weighted by atomic mass is 19.1. The van der Waals surface area contributed by atoms with Crippen molar-refractivity contribution in [1.29, 1.82) is 0 Å². The van der Waals surface area contributed by atoms with Crippen LogP contribution in [0.4, 0.5) is 4.39 Å². The number of amides is 1. The maximum Gasteiger partial charge on any atom is 0.250 e. The molecule has 0 saturated heterocycles. The Morgan fingerprint density at radius 3 is 2.86 bits per heavy atom. The maximum atomic E-state index is 13.6. The van der Waals surface area contributed by atoms with Gasteiger partial charge in [-0.25, -0.2) is 4.39 Å². The van der Waals surface area contributed by atoms with Crippen LogP contribution in [-0.4, -0.2) is 22.1 Å². The Bertz CT molecular complexity index is 612. The zero-order valence-electron chi connectivity index (χ0n) is 12.1. The summed E-state index contributed by atoms with van der Waals surface area (Å²) in [6.07, 6.45) is 1.48. The fourth-order valence-electron chi connectivity index (χ4n) is 1.77. The molecule has 0 spiro atoms. The molecule has 112 valence electrons. The van der Waals surface area contributed by atoms with Crippen LogP contribution in [0.25, 0.3) is 11.5 Å². The van der Waals surface area contributed by atoms with Crippen molar-refractivity contribution in [2.75, 3.05) is 0 Å². The van der Waals surface area contributed by atoms with E-state index in [4.69, 9.17) is 4.42 Å². The topological polar surface area (TPSA) is 68.0 Å². The van der Waals surface area contributed by atoms with E-state index in [1.807, 2.05) is 13.8 Å². The van der Waals surface area contributed by atoms with Crippen LogP contribution in [0.3, 0.4) is 0 Å². The molecule has 1 unspecified atom stereocenters. The van der Waals surface area contributed by atoms with Crippen LogP contribution >= 0.6 is 0 Å². The zero-order valence-corrected chi connectivity index (χ0v) is 12.1. The van der Waals surface area contributed by atoms with E-state index in [0.29, 0.717) is 12.3 Å². The molecular weight excluding hydrogens is 273 g/mol. The van der Waals surface area contributed by atoms with E-state index in [1.54, 1.807) is 18.2 Å². The van der Waals surface area contributed by atoms with Crippen molar-refractivity contribution in [3.8, 4) is 11.5 Å². The Morgan fingerprint density at radius 2 is 2.14 bits per heavy atom. The molecule has 0 saturated carbocycles. The first-order valence-corrected chi connectivity index (χ1v) is 6.96. The summed E-state index contributed by atoms with van der Waals surface area (Å²) in [4.78, 5) is 11.7. The van der Waals surface area contributed by atoms with Crippen molar-refractivity contribution in [1.82, 2.24) is 15.5 Å². The van der Waals surface area contributed by atoms with E-state index in [-0.39, 0.29) is 29.8 Å². The van der Waals surface area contributed by atoms with E-state index in [2.05, 4.69) is 15.5 Å². The number of benzene rings is 1. The van der Waals surface area contributed by atoms with Gasteiger partial charge in [-0.3, -0.25) is 4.79 Å². The third-order valence-electron chi connectivity index (χ3n) is 3.16. The number of carbonyl (C=O) groups excluding carboxylic acids is 1. The Labute approximate surface area is 122 Å². The van der Waals surface area contributed by atoms with Gasteiger partial charge in [-0.15, -0.1) is 10.2 Å². The van der Waals surface area contributed by atoms with Crippen molar-refractivity contribution in [3.63, 3.8) is 0 Å². The average molecular weight is 291 g/mol. The SMILES string of the molecule is CCC(C)NC(=O)CCc1nnc(-c2ccccc2F)o1. The van der Waals surface area contributed by atoms with Gasteiger partial charge in [0.05, 0.1) is 5.56 Å². The lowest BCUT2D eigenvalue weighted by molar-refractivity contribution is -0.121. The van der Waals surface area contributed by atoms with E-state index in [1.165, 1.54) is 6.07 Å². The molecule has 21 heavy (non-hydrogen) atoms. The number of carbonyl (C=O) groups is 1. The lowest BCUT2D eigenvalue weighted by Gasteiger charge is -2.10. The maximum absolute atomic E-state index is 13.6. The summed E-state index contributed by atoms with van der Waals surface area (Å²) < 4.78 is 19.0. The molecule has 0 aliphatic rings. The van der Waals surface area contributed by atoms with Crippen molar-refractivity contribution >= 4 is 5.91 Å². The number of rotatable bonds is 6. The van der Waals surface area contributed by atoms with Crippen LogP contribution in [0.1, 0.15) is 32.6 Å². The Hall–Kier alpha value is -2.24. The predicted octanol–water partition coefficient (Wildman–Crippen LogP) is 2.72. The monoisotopic (exact) mass is 291 g/mol. The number of aromatic nitrogens is 2. The van der Waals surface area contributed by atoms with Gasteiger partial charge in [0, 0.05) is 18.9 Å². The third kappa shape index (κ3) is 4.11. The third-order valence-corrected chi connectivity index (χ3v) is 3.16. The van der Waals surface area contributed by atoms with Crippen LogP contribution in [0.15, 0.2) is 28.7 Å². The van der Waals surface area contributed by atoms with Gasteiger partial charge in [-0.05, 0) is 25.5 Å². The lowest BCUT2D eigenvalue weighted by Crippen LogP contribution is -2.32. The van der Waals surface area contributed by atoms with Gasteiger partial charge in [0.2, 0.25) is 11.8 Å². The minimum atomic E-state index is -0.415. The van der Waals surface area contributed by atoms with Crippen molar-refractivity contribution in [2.45, 2.75) is 39.2 Å². The van der Waals surface area contributed by atoms with Crippen LogP contribution in [-0.2, 0) is 11.2 Å². The predicted molar refractivity (Wildman–Crippen MR) is 75.9 cm³/mol. The summed E-state index contributed by atoms with van der Waals surface area (Å²) in [6, 6.07) is 6.34. The van der Waals surface area contributed by atoms with Crippen LogP contribution in [0.2, 0.25) is 0 Å². The van der Waals surface area contributed by atoms with E-state index < -0.39 is 5.82 Å². The molecule has 5 nitrogen and oxygen atoms in total. The molecule has 0 radical (unpaired) electrons. The van der Waals surface area contributed by atoms with Crippen LogP contribution in [0, 0.1) is 5.82 Å². The molecule has 1 amide bonds. The van der Waals surface area contributed by atoms with E-state index >= 15 is 0 Å². The summed E-state index contributed by atoms with van der Waals surface area (Å²) in [5.41, 5.74) is 0.264. The Balaban J connectivity index is 1.95. The molecule has 6 heteroatoms. The first-order valence-electron chi connectivity index (χ1n) is 6.96. The van der Waals surface area contributed by atoms with Gasteiger partial charge < -0.3 is 9.73 Å². The largest absolute Gasteiger partial charge is 0.421 e. The molecule has 1 aromatic heterocycles. The van der Waals surface area contributed by atoms with E-state index in [9.17, 15) is 9.18 Å². The standard InChI is InChI=1S/C15H18FN3O2/c1-3-10(2)17-13(20)8-9-14-18-19-15(21-14)11-6-4-5-7-12(11)16/h4-7,10H,3,8-9H2,1-2H3,(H,17,20). The number of halogens is 1. The number of aryl methyl sites for hydroxylation is 1. The smallest absolute Gasteiger partial charge is 0.250 e.